The molecular formula is C16H25FN4O3S. The van der Waals surface area contributed by atoms with Crippen LogP contribution in [0.4, 0.5) is 4.39 Å². The highest BCUT2D eigenvalue weighted by atomic mass is 32.2. The zero-order valence-corrected chi connectivity index (χ0v) is 15.5. The molecule has 1 aromatic carbocycles. The average molecular weight is 372 g/mol. The van der Waals surface area contributed by atoms with E-state index in [-0.39, 0.29) is 24.6 Å². The number of benzene rings is 1. The minimum absolute atomic E-state index is 0.0171. The lowest BCUT2D eigenvalue weighted by Gasteiger charge is -2.38. The lowest BCUT2D eigenvalue weighted by Crippen LogP contribution is -2.51. The molecule has 0 bridgehead atoms. The van der Waals surface area contributed by atoms with Crippen molar-refractivity contribution in [1.29, 1.82) is 0 Å². The summed E-state index contributed by atoms with van der Waals surface area (Å²) in [6.07, 6.45) is 0.923. The van der Waals surface area contributed by atoms with Gasteiger partial charge in [-0.25, -0.2) is 17.5 Å². The highest BCUT2D eigenvalue weighted by molar-refractivity contribution is 7.88. The minimum atomic E-state index is -3.20. The van der Waals surface area contributed by atoms with Gasteiger partial charge in [-0.05, 0) is 24.6 Å². The van der Waals surface area contributed by atoms with Crippen molar-refractivity contribution in [3.63, 3.8) is 0 Å². The highest BCUT2D eigenvalue weighted by Gasteiger charge is 2.28. The molecule has 2 atom stereocenters. The molecule has 0 radical (unpaired) electrons. The molecule has 140 valence electrons. The summed E-state index contributed by atoms with van der Waals surface area (Å²) in [5.41, 5.74) is 0.909. The first-order valence-corrected chi connectivity index (χ1v) is 9.99. The summed E-state index contributed by atoms with van der Waals surface area (Å²) in [6, 6.07) is 6.29. The van der Waals surface area contributed by atoms with E-state index >= 15 is 0 Å². The van der Waals surface area contributed by atoms with Crippen molar-refractivity contribution < 1.29 is 17.5 Å². The molecule has 1 aromatic rings. The summed E-state index contributed by atoms with van der Waals surface area (Å²) in [5, 5.41) is 3.15. The molecule has 0 aromatic heterocycles. The fourth-order valence-electron chi connectivity index (χ4n) is 2.73. The zero-order valence-electron chi connectivity index (χ0n) is 14.7. The number of hydrogen-bond donors (Lipinski definition) is 2. The summed E-state index contributed by atoms with van der Waals surface area (Å²) in [6.45, 7) is 3.92. The Balaban J connectivity index is 1.97. The van der Waals surface area contributed by atoms with Gasteiger partial charge >= 0.3 is 0 Å². The van der Waals surface area contributed by atoms with Crippen LogP contribution in [0.2, 0.25) is 0 Å². The predicted octanol–water partition coefficient (Wildman–Crippen LogP) is 0.712. The van der Waals surface area contributed by atoms with Gasteiger partial charge in [-0.2, -0.15) is 0 Å². The summed E-state index contributed by atoms with van der Waals surface area (Å²) in [5.74, 6) is 0.401. The van der Waals surface area contributed by atoms with Crippen LogP contribution in [0.1, 0.15) is 18.6 Å². The van der Waals surface area contributed by atoms with Crippen LogP contribution in [0.3, 0.4) is 0 Å². The molecule has 2 rings (SSSR count). The van der Waals surface area contributed by atoms with E-state index in [1.807, 2.05) is 6.92 Å². The number of nitrogens with one attached hydrogen (secondary N) is 2. The van der Waals surface area contributed by atoms with Crippen LogP contribution in [0.25, 0.3) is 0 Å². The van der Waals surface area contributed by atoms with Crippen molar-refractivity contribution in [2.45, 2.75) is 19.1 Å². The highest BCUT2D eigenvalue weighted by Crippen LogP contribution is 2.25. The van der Waals surface area contributed by atoms with Gasteiger partial charge in [0.2, 0.25) is 10.0 Å². The SMILES string of the molecule is CN=C(NCCNS(C)(=O)=O)N1CC(C)OC(c2ccc(F)cc2)C1. The van der Waals surface area contributed by atoms with E-state index in [9.17, 15) is 12.8 Å². The van der Waals surface area contributed by atoms with E-state index in [4.69, 9.17) is 4.74 Å². The second-order valence-corrected chi connectivity index (χ2v) is 7.87. The molecule has 9 heteroatoms. The number of aliphatic imine (C=N–C) groups is 1. The van der Waals surface area contributed by atoms with E-state index in [2.05, 4.69) is 19.9 Å². The van der Waals surface area contributed by atoms with Crippen molar-refractivity contribution in [2.75, 3.05) is 39.5 Å². The Morgan fingerprint density at radius 1 is 1.32 bits per heavy atom. The molecule has 2 N–H and O–H groups in total. The third kappa shape index (κ3) is 6.26. The summed E-state index contributed by atoms with van der Waals surface area (Å²) in [7, 11) is -1.52. The van der Waals surface area contributed by atoms with Crippen LogP contribution < -0.4 is 10.0 Å². The number of morpholine rings is 1. The van der Waals surface area contributed by atoms with Crippen molar-refractivity contribution in [1.82, 2.24) is 14.9 Å². The molecule has 7 nitrogen and oxygen atoms in total. The van der Waals surface area contributed by atoms with Gasteiger partial charge in [0.1, 0.15) is 11.9 Å². The van der Waals surface area contributed by atoms with Crippen LogP contribution in [0.15, 0.2) is 29.3 Å². The molecule has 0 aliphatic carbocycles. The smallest absolute Gasteiger partial charge is 0.208 e. The Bertz CT molecular complexity index is 694. The third-order valence-corrected chi connectivity index (χ3v) is 4.51. The Hall–Kier alpha value is -1.71. The van der Waals surface area contributed by atoms with Crippen LogP contribution in [-0.2, 0) is 14.8 Å². The number of sulfonamides is 1. The molecule has 2 unspecified atom stereocenters. The Morgan fingerprint density at radius 2 is 2.00 bits per heavy atom. The first kappa shape index (κ1) is 19.6. The average Bonchev–Trinajstić information content (AvgIpc) is 2.54. The number of halogens is 1. The first-order chi connectivity index (χ1) is 11.8. The van der Waals surface area contributed by atoms with Crippen molar-refractivity contribution in [3.8, 4) is 0 Å². The monoisotopic (exact) mass is 372 g/mol. The zero-order chi connectivity index (χ0) is 18.4. The van der Waals surface area contributed by atoms with E-state index < -0.39 is 10.0 Å². The summed E-state index contributed by atoms with van der Waals surface area (Å²) >= 11 is 0. The molecule has 1 saturated heterocycles. The van der Waals surface area contributed by atoms with Crippen molar-refractivity contribution >= 4 is 16.0 Å². The number of hydrogen-bond acceptors (Lipinski definition) is 4. The maximum Gasteiger partial charge on any atom is 0.208 e. The van der Waals surface area contributed by atoms with Crippen LogP contribution in [0, 0.1) is 5.82 Å². The van der Waals surface area contributed by atoms with Gasteiger partial charge in [0.25, 0.3) is 0 Å². The van der Waals surface area contributed by atoms with Gasteiger partial charge in [-0.3, -0.25) is 4.99 Å². The van der Waals surface area contributed by atoms with Gasteiger partial charge in [0.15, 0.2) is 5.96 Å². The van der Waals surface area contributed by atoms with Gasteiger partial charge < -0.3 is 15.0 Å². The van der Waals surface area contributed by atoms with Crippen molar-refractivity contribution in [2.24, 2.45) is 4.99 Å². The molecular weight excluding hydrogens is 347 g/mol. The van der Waals surface area contributed by atoms with E-state index in [0.717, 1.165) is 11.8 Å². The summed E-state index contributed by atoms with van der Waals surface area (Å²) in [4.78, 5) is 6.32. The predicted molar refractivity (Wildman–Crippen MR) is 95.5 cm³/mol. The van der Waals surface area contributed by atoms with Crippen molar-refractivity contribution in [3.05, 3.63) is 35.6 Å². The van der Waals surface area contributed by atoms with Gasteiger partial charge in [-0.1, -0.05) is 12.1 Å². The molecule has 0 spiro atoms. The third-order valence-electron chi connectivity index (χ3n) is 3.79. The maximum atomic E-state index is 13.1. The van der Waals surface area contributed by atoms with Gasteiger partial charge in [-0.15, -0.1) is 0 Å². The first-order valence-electron chi connectivity index (χ1n) is 8.09. The maximum absolute atomic E-state index is 13.1. The number of ether oxygens (including phenoxy) is 1. The number of nitrogens with zero attached hydrogens (tertiary/aromatic N) is 2. The normalized spacial score (nSPS) is 22.1. The molecule has 1 aliphatic rings. The van der Waals surface area contributed by atoms with Gasteiger partial charge in [0.05, 0.1) is 18.9 Å². The Morgan fingerprint density at radius 3 is 2.60 bits per heavy atom. The van der Waals surface area contributed by atoms with Crippen LogP contribution in [-0.4, -0.2) is 64.9 Å². The number of rotatable bonds is 5. The molecule has 1 aliphatic heterocycles. The molecule has 0 amide bonds. The van der Waals surface area contributed by atoms with Crippen LogP contribution in [0.5, 0.6) is 0 Å². The van der Waals surface area contributed by atoms with Crippen LogP contribution >= 0.6 is 0 Å². The van der Waals surface area contributed by atoms with E-state index in [1.165, 1.54) is 12.1 Å². The lowest BCUT2D eigenvalue weighted by molar-refractivity contribution is -0.0604. The van der Waals surface area contributed by atoms with E-state index in [0.29, 0.717) is 25.6 Å². The lowest BCUT2D eigenvalue weighted by atomic mass is 10.1. The Kier molecular flexibility index (Phi) is 6.74. The minimum Gasteiger partial charge on any atom is -0.367 e. The second kappa shape index (κ2) is 8.59. The molecule has 1 heterocycles. The fraction of sp³-hybridized carbons (Fsp3) is 0.562. The van der Waals surface area contributed by atoms with Gasteiger partial charge in [0, 0.05) is 26.7 Å². The molecule has 0 saturated carbocycles. The largest absolute Gasteiger partial charge is 0.367 e. The number of guanidine groups is 1. The van der Waals surface area contributed by atoms with E-state index in [1.54, 1.807) is 19.2 Å². The second-order valence-electron chi connectivity index (χ2n) is 6.03. The standard InChI is InChI=1S/C16H25FN4O3S/c1-12-10-21(16(18-2)19-8-9-20-25(3,22)23)11-15(24-12)13-4-6-14(17)7-5-13/h4-7,12,15,20H,8-11H2,1-3H3,(H,18,19). The topological polar surface area (TPSA) is 83.0 Å². The quantitative estimate of drug-likeness (QED) is 0.452. The Labute approximate surface area is 148 Å². The molecule has 1 fully saturated rings. The summed E-state index contributed by atoms with van der Waals surface area (Å²) < 4.78 is 43.7. The fourth-order valence-corrected chi connectivity index (χ4v) is 3.20. The molecule has 25 heavy (non-hydrogen) atoms.